The van der Waals surface area contributed by atoms with E-state index in [0.717, 1.165) is 11.1 Å². The van der Waals surface area contributed by atoms with Crippen LogP contribution in [-0.2, 0) is 0 Å². The molecule has 0 fully saturated rings. The van der Waals surface area contributed by atoms with E-state index in [-0.39, 0.29) is 0 Å². The van der Waals surface area contributed by atoms with Crippen molar-refractivity contribution in [3.05, 3.63) is 63.4 Å². The molecule has 0 saturated heterocycles. The van der Waals surface area contributed by atoms with Gasteiger partial charge in [-0.25, -0.2) is 4.39 Å². The Morgan fingerprint density at radius 1 is 1.15 bits per heavy atom. The third kappa shape index (κ3) is 2.77. The summed E-state index contributed by atoms with van der Waals surface area (Å²) < 4.78 is 19.3. The van der Waals surface area contributed by atoms with Gasteiger partial charge in [0.05, 0.1) is 18.1 Å². The molecule has 1 unspecified atom stereocenters. The van der Waals surface area contributed by atoms with Crippen molar-refractivity contribution >= 4 is 23.2 Å². The molecule has 0 aliphatic carbocycles. The van der Waals surface area contributed by atoms with Crippen LogP contribution >= 0.6 is 23.2 Å². The van der Waals surface area contributed by atoms with Crippen LogP contribution in [0, 0.1) is 19.7 Å². The van der Waals surface area contributed by atoms with E-state index < -0.39 is 11.2 Å². The smallest absolute Gasteiger partial charge is 0.131 e. The molecule has 0 saturated carbocycles. The Morgan fingerprint density at radius 2 is 1.80 bits per heavy atom. The first-order valence-corrected chi connectivity index (χ1v) is 7.00. The van der Waals surface area contributed by atoms with Crippen molar-refractivity contribution in [1.29, 1.82) is 0 Å². The minimum atomic E-state index is -0.696. The first-order chi connectivity index (χ1) is 9.45. The maximum absolute atomic E-state index is 14.1. The molecule has 0 heterocycles. The quantitative estimate of drug-likeness (QED) is 0.686. The van der Waals surface area contributed by atoms with Gasteiger partial charge < -0.3 is 4.74 Å². The van der Waals surface area contributed by atoms with Gasteiger partial charge in [0, 0.05) is 5.02 Å². The van der Waals surface area contributed by atoms with Gasteiger partial charge >= 0.3 is 0 Å². The van der Waals surface area contributed by atoms with E-state index in [0.29, 0.717) is 21.9 Å². The molecule has 4 heteroatoms. The van der Waals surface area contributed by atoms with Crippen molar-refractivity contribution in [3.63, 3.8) is 0 Å². The SMILES string of the molecule is COc1cccc(F)c1C(Cl)c1cc(C)c(C)cc1Cl. The molecular formula is C16H15Cl2FO. The lowest BCUT2D eigenvalue weighted by molar-refractivity contribution is 0.405. The summed E-state index contributed by atoms with van der Waals surface area (Å²) in [4.78, 5) is 0. The van der Waals surface area contributed by atoms with Gasteiger partial charge in [0.2, 0.25) is 0 Å². The normalized spacial score (nSPS) is 12.3. The Hall–Kier alpha value is -1.25. The summed E-state index contributed by atoms with van der Waals surface area (Å²) in [5.41, 5.74) is 3.12. The molecule has 2 aromatic rings. The predicted octanol–water partition coefficient (Wildman–Crippen LogP) is 5.43. The van der Waals surface area contributed by atoms with Crippen molar-refractivity contribution in [2.75, 3.05) is 7.11 Å². The first kappa shape index (κ1) is 15.1. The number of halogens is 3. The van der Waals surface area contributed by atoms with Crippen molar-refractivity contribution in [1.82, 2.24) is 0 Å². The Balaban J connectivity index is 2.57. The highest BCUT2D eigenvalue weighted by Crippen LogP contribution is 2.40. The molecule has 0 aromatic heterocycles. The van der Waals surface area contributed by atoms with Gasteiger partial charge in [-0.1, -0.05) is 23.7 Å². The van der Waals surface area contributed by atoms with Crippen LogP contribution in [0.1, 0.15) is 27.6 Å². The van der Waals surface area contributed by atoms with Crippen LogP contribution in [-0.4, -0.2) is 7.11 Å². The topological polar surface area (TPSA) is 9.23 Å². The van der Waals surface area contributed by atoms with Crippen LogP contribution in [0.4, 0.5) is 4.39 Å². The van der Waals surface area contributed by atoms with Crippen LogP contribution < -0.4 is 4.74 Å². The summed E-state index contributed by atoms with van der Waals surface area (Å²) in [5, 5.41) is -0.170. The zero-order valence-electron chi connectivity index (χ0n) is 11.5. The number of benzene rings is 2. The van der Waals surface area contributed by atoms with Gasteiger partial charge in [-0.05, 0) is 48.7 Å². The number of methoxy groups -OCH3 is 1. The molecule has 0 aliphatic rings. The lowest BCUT2D eigenvalue weighted by Crippen LogP contribution is -2.02. The summed E-state index contributed by atoms with van der Waals surface area (Å²) in [6.07, 6.45) is 0. The standard InChI is InChI=1S/C16H15Cl2FO/c1-9-7-11(12(17)8-10(9)2)16(18)15-13(19)5-4-6-14(15)20-3/h4-8,16H,1-3H3. The molecule has 0 aliphatic heterocycles. The molecule has 106 valence electrons. The fraction of sp³-hybridized carbons (Fsp3) is 0.250. The van der Waals surface area contributed by atoms with Crippen molar-refractivity contribution in [2.45, 2.75) is 19.2 Å². The minimum Gasteiger partial charge on any atom is -0.496 e. The van der Waals surface area contributed by atoms with Crippen LogP contribution in [0.15, 0.2) is 30.3 Å². The average molecular weight is 313 g/mol. The van der Waals surface area contributed by atoms with Crippen LogP contribution in [0.25, 0.3) is 0 Å². The van der Waals surface area contributed by atoms with E-state index >= 15 is 0 Å². The fourth-order valence-corrected chi connectivity index (χ4v) is 2.87. The molecule has 2 aromatic carbocycles. The number of hydrogen-bond acceptors (Lipinski definition) is 1. The summed E-state index contributed by atoms with van der Waals surface area (Å²) in [6.45, 7) is 3.94. The zero-order chi connectivity index (χ0) is 14.9. The van der Waals surface area contributed by atoms with Gasteiger partial charge in [0.1, 0.15) is 11.6 Å². The van der Waals surface area contributed by atoms with Gasteiger partial charge in [-0.15, -0.1) is 11.6 Å². The fourth-order valence-electron chi connectivity index (χ4n) is 2.09. The third-order valence-corrected chi connectivity index (χ3v) is 4.15. The second kappa shape index (κ2) is 6.02. The van der Waals surface area contributed by atoms with Crippen LogP contribution in [0.5, 0.6) is 5.75 Å². The lowest BCUT2D eigenvalue weighted by Gasteiger charge is -2.17. The monoisotopic (exact) mass is 312 g/mol. The maximum Gasteiger partial charge on any atom is 0.131 e. The summed E-state index contributed by atoms with van der Waals surface area (Å²) in [7, 11) is 1.49. The Labute approximate surface area is 128 Å². The van der Waals surface area contributed by atoms with E-state index in [1.807, 2.05) is 26.0 Å². The molecule has 0 spiro atoms. The van der Waals surface area contributed by atoms with Gasteiger partial charge in [0.15, 0.2) is 0 Å². The summed E-state index contributed by atoms with van der Waals surface area (Å²) >= 11 is 12.7. The van der Waals surface area contributed by atoms with E-state index in [1.54, 1.807) is 12.1 Å². The Bertz CT molecular complexity index is 641. The largest absolute Gasteiger partial charge is 0.496 e. The number of alkyl halides is 1. The number of rotatable bonds is 3. The Morgan fingerprint density at radius 3 is 2.45 bits per heavy atom. The highest BCUT2D eigenvalue weighted by atomic mass is 35.5. The zero-order valence-corrected chi connectivity index (χ0v) is 13.0. The average Bonchev–Trinajstić information content (AvgIpc) is 2.41. The van der Waals surface area contributed by atoms with Crippen molar-refractivity contribution < 1.29 is 9.13 Å². The third-order valence-electron chi connectivity index (χ3n) is 3.37. The van der Waals surface area contributed by atoms with Gasteiger partial charge in [0.25, 0.3) is 0 Å². The molecule has 0 bridgehead atoms. The Kier molecular flexibility index (Phi) is 4.56. The molecule has 0 amide bonds. The molecule has 0 N–H and O–H groups in total. The van der Waals surface area contributed by atoms with Gasteiger partial charge in [-0.2, -0.15) is 0 Å². The molecule has 1 nitrogen and oxygen atoms in total. The number of ether oxygens (including phenoxy) is 1. The van der Waals surface area contributed by atoms with Crippen molar-refractivity contribution in [2.24, 2.45) is 0 Å². The van der Waals surface area contributed by atoms with E-state index in [2.05, 4.69) is 0 Å². The lowest BCUT2D eigenvalue weighted by atomic mass is 9.99. The second-order valence-corrected chi connectivity index (χ2v) is 5.52. The summed E-state index contributed by atoms with van der Waals surface area (Å²) in [6, 6.07) is 8.37. The van der Waals surface area contributed by atoms with Gasteiger partial charge in [-0.3, -0.25) is 0 Å². The summed E-state index contributed by atoms with van der Waals surface area (Å²) in [5.74, 6) is 0.0120. The predicted molar refractivity (Wildman–Crippen MR) is 81.6 cm³/mol. The van der Waals surface area contributed by atoms with E-state index in [1.165, 1.54) is 13.2 Å². The van der Waals surface area contributed by atoms with E-state index in [4.69, 9.17) is 27.9 Å². The van der Waals surface area contributed by atoms with E-state index in [9.17, 15) is 4.39 Å². The number of aryl methyl sites for hydroxylation is 2. The first-order valence-electron chi connectivity index (χ1n) is 6.18. The van der Waals surface area contributed by atoms with Crippen LogP contribution in [0.2, 0.25) is 5.02 Å². The maximum atomic E-state index is 14.1. The van der Waals surface area contributed by atoms with Crippen molar-refractivity contribution in [3.8, 4) is 5.75 Å². The van der Waals surface area contributed by atoms with Crippen LogP contribution in [0.3, 0.4) is 0 Å². The molecule has 20 heavy (non-hydrogen) atoms. The molecule has 1 atom stereocenters. The molecule has 2 rings (SSSR count). The highest BCUT2D eigenvalue weighted by Gasteiger charge is 2.22. The number of hydrogen-bond donors (Lipinski definition) is 0. The second-order valence-electron chi connectivity index (χ2n) is 4.68. The minimum absolute atomic E-state index is 0.307. The molecular weight excluding hydrogens is 298 g/mol. The molecule has 0 radical (unpaired) electrons. The highest BCUT2D eigenvalue weighted by molar-refractivity contribution is 6.33.